The van der Waals surface area contributed by atoms with Gasteiger partial charge < -0.3 is 15.3 Å². The number of rotatable bonds is 3. The van der Waals surface area contributed by atoms with Gasteiger partial charge in [0.05, 0.1) is 0 Å². The Bertz CT molecular complexity index is 403. The summed E-state index contributed by atoms with van der Waals surface area (Å²) in [6.07, 6.45) is 1.00. The van der Waals surface area contributed by atoms with Gasteiger partial charge in [0.25, 0.3) is 0 Å². The van der Waals surface area contributed by atoms with Gasteiger partial charge in [-0.05, 0) is 58.0 Å². The van der Waals surface area contributed by atoms with E-state index in [4.69, 9.17) is 0 Å². The van der Waals surface area contributed by atoms with Crippen molar-refractivity contribution in [2.24, 2.45) is 0 Å². The summed E-state index contributed by atoms with van der Waals surface area (Å²) >= 11 is 0. The number of likely N-dealkylation sites (N-methyl/N-ethyl adjacent to an activating group) is 1. The summed E-state index contributed by atoms with van der Waals surface area (Å²) in [5.74, 6) is 0.366. The van der Waals surface area contributed by atoms with Crippen LogP contribution in [0.4, 0.5) is 5.69 Å². The molecule has 1 aromatic carbocycles. The molecule has 1 aromatic rings. The van der Waals surface area contributed by atoms with E-state index >= 15 is 0 Å². The Balaban J connectivity index is 2.37. The van der Waals surface area contributed by atoms with Crippen molar-refractivity contribution in [2.75, 3.05) is 11.9 Å². The monoisotopic (exact) mass is 234 g/mol. The third-order valence-corrected chi connectivity index (χ3v) is 3.72. The fourth-order valence-corrected chi connectivity index (χ4v) is 2.76. The minimum absolute atomic E-state index is 0.366. The molecular formula is C14H22N2O. The minimum atomic E-state index is 0.366. The molecule has 1 aliphatic rings. The fraction of sp³-hybridized carbons (Fsp3) is 0.571. The Labute approximate surface area is 103 Å². The van der Waals surface area contributed by atoms with Gasteiger partial charge in [-0.15, -0.1) is 0 Å². The summed E-state index contributed by atoms with van der Waals surface area (Å²) in [6, 6.07) is 7.09. The third kappa shape index (κ3) is 2.12. The average Bonchev–Trinajstić information content (AvgIpc) is 2.66. The number of nitrogens with zero attached hydrogens (tertiary/aromatic N) is 1. The lowest BCUT2D eigenvalue weighted by Crippen LogP contribution is -2.48. The third-order valence-electron chi connectivity index (χ3n) is 3.72. The van der Waals surface area contributed by atoms with Crippen LogP contribution >= 0.6 is 0 Å². The van der Waals surface area contributed by atoms with Gasteiger partial charge in [0.2, 0.25) is 0 Å². The summed E-state index contributed by atoms with van der Waals surface area (Å²) in [5.41, 5.74) is 2.52. The molecule has 0 aromatic heterocycles. The Kier molecular flexibility index (Phi) is 3.29. The van der Waals surface area contributed by atoms with Crippen molar-refractivity contribution in [2.45, 2.75) is 45.3 Å². The number of hydrogen-bond acceptors (Lipinski definition) is 3. The molecule has 0 saturated carbocycles. The lowest BCUT2D eigenvalue weighted by atomic mass is 10.0. The molecule has 2 rings (SSSR count). The van der Waals surface area contributed by atoms with Crippen molar-refractivity contribution in [3.8, 4) is 5.75 Å². The average molecular weight is 234 g/mol. The zero-order valence-corrected chi connectivity index (χ0v) is 11.1. The molecule has 1 heterocycles. The quantitative estimate of drug-likeness (QED) is 0.841. The van der Waals surface area contributed by atoms with Gasteiger partial charge in [0.1, 0.15) is 5.75 Å². The maximum atomic E-state index is 9.57. The van der Waals surface area contributed by atoms with Crippen LogP contribution in [-0.2, 0) is 6.42 Å². The van der Waals surface area contributed by atoms with Crippen LogP contribution in [0.2, 0.25) is 0 Å². The number of nitrogens with one attached hydrogen (secondary N) is 1. The first-order chi connectivity index (χ1) is 8.04. The predicted octanol–water partition coefficient (Wildman–Crippen LogP) is 2.14. The molecule has 2 N–H and O–H groups in total. The number of aromatic hydroxyl groups is 1. The van der Waals surface area contributed by atoms with E-state index in [1.165, 1.54) is 11.3 Å². The van der Waals surface area contributed by atoms with E-state index in [0.29, 0.717) is 23.9 Å². The van der Waals surface area contributed by atoms with E-state index in [-0.39, 0.29) is 0 Å². The van der Waals surface area contributed by atoms with Crippen LogP contribution < -0.4 is 10.2 Å². The van der Waals surface area contributed by atoms with Crippen LogP contribution in [0.1, 0.15) is 26.3 Å². The predicted molar refractivity (Wildman–Crippen MR) is 71.7 cm³/mol. The molecule has 3 heteroatoms. The van der Waals surface area contributed by atoms with Gasteiger partial charge in [-0.2, -0.15) is 0 Å². The van der Waals surface area contributed by atoms with Crippen molar-refractivity contribution < 1.29 is 5.11 Å². The van der Waals surface area contributed by atoms with Crippen molar-refractivity contribution in [3.05, 3.63) is 23.8 Å². The van der Waals surface area contributed by atoms with Crippen LogP contribution in [0.5, 0.6) is 5.75 Å². The van der Waals surface area contributed by atoms with Crippen LogP contribution in [0, 0.1) is 0 Å². The molecule has 94 valence electrons. The largest absolute Gasteiger partial charge is 0.508 e. The topological polar surface area (TPSA) is 35.5 Å². The molecule has 0 saturated heterocycles. The van der Waals surface area contributed by atoms with Gasteiger partial charge in [-0.25, -0.2) is 0 Å². The first kappa shape index (κ1) is 12.2. The van der Waals surface area contributed by atoms with Gasteiger partial charge >= 0.3 is 0 Å². The molecule has 1 aliphatic heterocycles. The smallest absolute Gasteiger partial charge is 0.116 e. The van der Waals surface area contributed by atoms with Gasteiger partial charge in [0.15, 0.2) is 0 Å². The highest BCUT2D eigenvalue weighted by Gasteiger charge is 2.33. The summed E-state index contributed by atoms with van der Waals surface area (Å²) in [6.45, 7) is 6.65. The van der Waals surface area contributed by atoms with Crippen LogP contribution in [-0.4, -0.2) is 30.3 Å². The highest BCUT2D eigenvalue weighted by atomic mass is 16.3. The molecule has 3 nitrogen and oxygen atoms in total. The van der Waals surface area contributed by atoms with Gasteiger partial charge in [0, 0.05) is 23.8 Å². The van der Waals surface area contributed by atoms with E-state index in [2.05, 4.69) is 31.0 Å². The van der Waals surface area contributed by atoms with Crippen molar-refractivity contribution in [1.29, 1.82) is 0 Å². The van der Waals surface area contributed by atoms with E-state index in [1.54, 1.807) is 6.07 Å². The first-order valence-electron chi connectivity index (χ1n) is 6.32. The van der Waals surface area contributed by atoms with Crippen molar-refractivity contribution >= 4 is 5.69 Å². The standard InChI is InChI=1S/C14H22N2O/c1-9(2)16-13-6-5-12(17)7-11(13)8-14(16)10(3)15-4/h5-7,9-10,14-15,17H,8H2,1-4H3. The minimum Gasteiger partial charge on any atom is -0.508 e. The zero-order valence-electron chi connectivity index (χ0n) is 11.1. The van der Waals surface area contributed by atoms with Crippen LogP contribution in [0.25, 0.3) is 0 Å². The molecule has 0 aliphatic carbocycles. The molecule has 0 amide bonds. The molecule has 0 bridgehead atoms. The molecule has 0 fully saturated rings. The van der Waals surface area contributed by atoms with E-state index in [0.717, 1.165) is 6.42 Å². The molecule has 17 heavy (non-hydrogen) atoms. The zero-order chi connectivity index (χ0) is 12.6. The highest BCUT2D eigenvalue weighted by molar-refractivity contribution is 5.62. The summed E-state index contributed by atoms with van der Waals surface area (Å²) in [5, 5.41) is 12.9. The van der Waals surface area contributed by atoms with E-state index in [1.807, 2.05) is 19.2 Å². The lowest BCUT2D eigenvalue weighted by Gasteiger charge is -2.35. The number of benzene rings is 1. The van der Waals surface area contributed by atoms with Crippen LogP contribution in [0.3, 0.4) is 0 Å². The number of phenolic OH excluding ortho intramolecular Hbond substituents is 1. The number of fused-ring (bicyclic) bond motifs is 1. The van der Waals surface area contributed by atoms with Gasteiger partial charge in [-0.3, -0.25) is 0 Å². The molecular weight excluding hydrogens is 212 g/mol. The SMILES string of the molecule is CNC(C)C1Cc2cc(O)ccc2N1C(C)C. The second-order valence-electron chi connectivity index (χ2n) is 5.16. The molecule has 0 spiro atoms. The summed E-state index contributed by atoms with van der Waals surface area (Å²) in [4.78, 5) is 2.45. The first-order valence-corrected chi connectivity index (χ1v) is 6.32. The highest BCUT2D eigenvalue weighted by Crippen LogP contribution is 2.36. The van der Waals surface area contributed by atoms with Crippen LogP contribution in [0.15, 0.2) is 18.2 Å². The second-order valence-corrected chi connectivity index (χ2v) is 5.16. The second kappa shape index (κ2) is 4.57. The van der Waals surface area contributed by atoms with Gasteiger partial charge in [-0.1, -0.05) is 0 Å². The Morgan fingerprint density at radius 2 is 2.06 bits per heavy atom. The Morgan fingerprint density at radius 1 is 1.35 bits per heavy atom. The number of hydrogen-bond donors (Lipinski definition) is 2. The summed E-state index contributed by atoms with van der Waals surface area (Å²) < 4.78 is 0. The molecule has 2 unspecified atom stereocenters. The number of anilines is 1. The Hall–Kier alpha value is -1.22. The lowest BCUT2D eigenvalue weighted by molar-refractivity contribution is 0.450. The van der Waals surface area contributed by atoms with Crippen molar-refractivity contribution in [3.63, 3.8) is 0 Å². The van der Waals surface area contributed by atoms with E-state index in [9.17, 15) is 5.11 Å². The summed E-state index contributed by atoms with van der Waals surface area (Å²) in [7, 11) is 2.00. The van der Waals surface area contributed by atoms with Crippen molar-refractivity contribution in [1.82, 2.24) is 5.32 Å². The molecule has 2 atom stereocenters. The Morgan fingerprint density at radius 3 is 2.65 bits per heavy atom. The number of phenols is 1. The fourth-order valence-electron chi connectivity index (χ4n) is 2.76. The maximum absolute atomic E-state index is 9.57. The maximum Gasteiger partial charge on any atom is 0.116 e. The normalized spacial score (nSPS) is 20.8. The van der Waals surface area contributed by atoms with E-state index < -0.39 is 0 Å². The molecule has 0 radical (unpaired) electrons.